The van der Waals surface area contributed by atoms with Crippen LogP contribution in [0.3, 0.4) is 0 Å². The molecule has 0 aliphatic carbocycles. The molecule has 2 aromatic rings. The lowest BCUT2D eigenvalue weighted by atomic mass is 10.1. The molecule has 0 saturated carbocycles. The molecule has 0 bridgehead atoms. The average molecular weight is 401 g/mol. The van der Waals surface area contributed by atoms with Gasteiger partial charge in [-0.15, -0.1) is 0 Å². The molecule has 1 aliphatic heterocycles. The molecular formula is C22H28FN3O3. The monoisotopic (exact) mass is 401 g/mol. The normalized spacial score (nSPS) is 15.1. The molecule has 3 rings (SSSR count). The highest BCUT2D eigenvalue weighted by atomic mass is 19.1. The van der Waals surface area contributed by atoms with E-state index in [1.54, 1.807) is 32.4 Å². The number of ether oxygens (including phenoxy) is 2. The first-order valence-electron chi connectivity index (χ1n) is 9.74. The Hall–Kier alpha value is -2.64. The first kappa shape index (κ1) is 21.1. The number of carbonyl (C=O) groups excluding carboxylic acids is 1. The Morgan fingerprint density at radius 3 is 2.41 bits per heavy atom. The van der Waals surface area contributed by atoms with E-state index in [2.05, 4.69) is 15.1 Å². The van der Waals surface area contributed by atoms with Gasteiger partial charge in [-0.1, -0.05) is 18.2 Å². The minimum absolute atomic E-state index is 0.0869. The smallest absolute Gasteiger partial charge is 0.234 e. The van der Waals surface area contributed by atoms with Gasteiger partial charge in [-0.3, -0.25) is 14.6 Å². The summed E-state index contributed by atoms with van der Waals surface area (Å²) >= 11 is 0. The van der Waals surface area contributed by atoms with Gasteiger partial charge in [0.1, 0.15) is 17.3 Å². The van der Waals surface area contributed by atoms with Gasteiger partial charge < -0.3 is 14.8 Å². The van der Waals surface area contributed by atoms with Crippen LogP contribution in [-0.2, 0) is 17.9 Å². The van der Waals surface area contributed by atoms with Crippen molar-refractivity contribution < 1.29 is 18.7 Å². The third kappa shape index (κ3) is 5.92. The lowest BCUT2D eigenvalue weighted by Crippen LogP contribution is -2.49. The van der Waals surface area contributed by atoms with Crippen molar-refractivity contribution in [3.05, 3.63) is 59.4 Å². The van der Waals surface area contributed by atoms with Crippen LogP contribution in [-0.4, -0.2) is 62.7 Å². The van der Waals surface area contributed by atoms with E-state index >= 15 is 0 Å². The summed E-state index contributed by atoms with van der Waals surface area (Å²) in [6.07, 6.45) is 0. The number of carbonyl (C=O) groups is 1. The fourth-order valence-electron chi connectivity index (χ4n) is 3.45. The summed E-state index contributed by atoms with van der Waals surface area (Å²) in [6, 6.07) is 12.3. The van der Waals surface area contributed by atoms with Crippen LogP contribution in [0.2, 0.25) is 0 Å². The summed E-state index contributed by atoms with van der Waals surface area (Å²) in [5.41, 5.74) is 1.58. The Labute approximate surface area is 171 Å². The predicted octanol–water partition coefficient (Wildman–Crippen LogP) is 2.28. The fraction of sp³-hybridized carbons (Fsp3) is 0.409. The molecule has 0 atom stereocenters. The zero-order valence-electron chi connectivity index (χ0n) is 17.0. The van der Waals surface area contributed by atoms with E-state index in [0.717, 1.165) is 49.8 Å². The molecule has 6 nitrogen and oxygen atoms in total. The van der Waals surface area contributed by atoms with E-state index < -0.39 is 0 Å². The van der Waals surface area contributed by atoms with E-state index in [0.29, 0.717) is 12.1 Å². The Bertz CT molecular complexity index is 823. The molecule has 1 heterocycles. The number of piperazine rings is 1. The summed E-state index contributed by atoms with van der Waals surface area (Å²) < 4.78 is 24.4. The maximum absolute atomic E-state index is 13.6. The molecular weight excluding hydrogens is 373 g/mol. The van der Waals surface area contributed by atoms with Crippen molar-refractivity contribution in [1.82, 2.24) is 15.1 Å². The first-order valence-corrected chi connectivity index (χ1v) is 9.74. The van der Waals surface area contributed by atoms with E-state index in [-0.39, 0.29) is 18.3 Å². The summed E-state index contributed by atoms with van der Waals surface area (Å²) in [4.78, 5) is 16.7. The number of nitrogens with one attached hydrogen (secondary N) is 1. The van der Waals surface area contributed by atoms with Crippen LogP contribution < -0.4 is 14.8 Å². The number of rotatable bonds is 8. The molecule has 0 radical (unpaired) electrons. The van der Waals surface area contributed by atoms with E-state index in [1.165, 1.54) is 6.07 Å². The Balaban J connectivity index is 1.44. The van der Waals surface area contributed by atoms with Crippen LogP contribution in [0.1, 0.15) is 11.1 Å². The molecule has 7 heteroatoms. The zero-order chi connectivity index (χ0) is 20.6. The van der Waals surface area contributed by atoms with Crippen molar-refractivity contribution in [3.8, 4) is 11.5 Å². The molecule has 0 spiro atoms. The van der Waals surface area contributed by atoms with Crippen molar-refractivity contribution in [1.29, 1.82) is 0 Å². The SMILES string of the molecule is COc1ccc(OC)c(CN2CCN(CC(=O)NCc3ccccc3F)CC2)c1. The number of nitrogens with zero attached hydrogens (tertiary/aromatic N) is 2. The average Bonchev–Trinajstić information content (AvgIpc) is 2.74. The molecule has 1 saturated heterocycles. The van der Waals surface area contributed by atoms with Gasteiger partial charge >= 0.3 is 0 Å². The van der Waals surface area contributed by atoms with Crippen molar-refractivity contribution in [3.63, 3.8) is 0 Å². The van der Waals surface area contributed by atoms with Crippen LogP contribution in [0, 0.1) is 5.82 Å². The third-order valence-corrected chi connectivity index (χ3v) is 5.15. The Morgan fingerprint density at radius 2 is 1.72 bits per heavy atom. The highest BCUT2D eigenvalue weighted by Crippen LogP contribution is 2.25. The number of amides is 1. The highest BCUT2D eigenvalue weighted by Gasteiger charge is 2.20. The summed E-state index contributed by atoms with van der Waals surface area (Å²) in [7, 11) is 3.32. The van der Waals surface area contributed by atoms with Gasteiger partial charge in [0.25, 0.3) is 0 Å². The molecule has 1 amide bonds. The second-order valence-corrected chi connectivity index (χ2v) is 7.10. The fourth-order valence-corrected chi connectivity index (χ4v) is 3.45. The minimum Gasteiger partial charge on any atom is -0.497 e. The molecule has 2 aromatic carbocycles. The molecule has 1 N–H and O–H groups in total. The van der Waals surface area contributed by atoms with Gasteiger partial charge in [-0.25, -0.2) is 4.39 Å². The zero-order valence-corrected chi connectivity index (χ0v) is 17.0. The molecule has 0 aromatic heterocycles. The summed E-state index contributed by atoms with van der Waals surface area (Å²) in [6.45, 7) is 4.64. The number of hydrogen-bond donors (Lipinski definition) is 1. The highest BCUT2D eigenvalue weighted by molar-refractivity contribution is 5.78. The van der Waals surface area contributed by atoms with Gasteiger partial charge in [0, 0.05) is 50.4 Å². The van der Waals surface area contributed by atoms with Crippen molar-refractivity contribution >= 4 is 5.91 Å². The molecule has 1 fully saturated rings. The lowest BCUT2D eigenvalue weighted by Gasteiger charge is -2.34. The maximum atomic E-state index is 13.6. The topological polar surface area (TPSA) is 54.0 Å². The van der Waals surface area contributed by atoms with Gasteiger partial charge in [0.2, 0.25) is 5.91 Å². The third-order valence-electron chi connectivity index (χ3n) is 5.15. The summed E-state index contributed by atoms with van der Waals surface area (Å²) in [5.74, 6) is 1.28. The maximum Gasteiger partial charge on any atom is 0.234 e. The minimum atomic E-state index is -0.297. The quantitative estimate of drug-likeness (QED) is 0.736. The Kier molecular flexibility index (Phi) is 7.43. The van der Waals surface area contributed by atoms with Gasteiger partial charge in [0.05, 0.1) is 20.8 Å². The van der Waals surface area contributed by atoms with Crippen LogP contribution >= 0.6 is 0 Å². The number of methoxy groups -OCH3 is 2. The van der Waals surface area contributed by atoms with Gasteiger partial charge in [-0.2, -0.15) is 0 Å². The van der Waals surface area contributed by atoms with Crippen molar-refractivity contribution in [2.75, 3.05) is 46.9 Å². The summed E-state index contributed by atoms with van der Waals surface area (Å²) in [5, 5.41) is 2.80. The largest absolute Gasteiger partial charge is 0.497 e. The standard InChI is InChI=1S/C22H28FN3O3/c1-28-19-7-8-21(29-2)18(13-19)15-25-9-11-26(12-10-25)16-22(27)24-14-17-5-3-4-6-20(17)23/h3-8,13H,9-12,14-16H2,1-2H3,(H,24,27). The van der Waals surface area contributed by atoms with E-state index in [4.69, 9.17) is 9.47 Å². The molecule has 156 valence electrons. The first-order chi connectivity index (χ1) is 14.1. The van der Waals surface area contributed by atoms with Crippen LogP contribution in [0.15, 0.2) is 42.5 Å². The molecule has 1 aliphatic rings. The second kappa shape index (κ2) is 10.2. The number of benzene rings is 2. The van der Waals surface area contributed by atoms with Gasteiger partial charge in [-0.05, 0) is 24.3 Å². The van der Waals surface area contributed by atoms with E-state index in [1.807, 2.05) is 18.2 Å². The molecule has 0 unspecified atom stereocenters. The lowest BCUT2D eigenvalue weighted by molar-refractivity contribution is -0.122. The van der Waals surface area contributed by atoms with E-state index in [9.17, 15) is 9.18 Å². The Morgan fingerprint density at radius 1 is 1.00 bits per heavy atom. The van der Waals surface area contributed by atoms with Gasteiger partial charge in [0.15, 0.2) is 0 Å². The van der Waals surface area contributed by atoms with Crippen LogP contribution in [0.5, 0.6) is 11.5 Å². The van der Waals surface area contributed by atoms with Crippen LogP contribution in [0.25, 0.3) is 0 Å². The number of halogens is 1. The second-order valence-electron chi connectivity index (χ2n) is 7.10. The predicted molar refractivity (Wildman–Crippen MR) is 110 cm³/mol. The van der Waals surface area contributed by atoms with Crippen molar-refractivity contribution in [2.24, 2.45) is 0 Å². The number of hydrogen-bond acceptors (Lipinski definition) is 5. The molecule has 29 heavy (non-hydrogen) atoms. The van der Waals surface area contributed by atoms with Crippen molar-refractivity contribution in [2.45, 2.75) is 13.1 Å². The van der Waals surface area contributed by atoms with Crippen LogP contribution in [0.4, 0.5) is 4.39 Å².